The van der Waals surface area contributed by atoms with Crippen molar-refractivity contribution in [2.24, 2.45) is 5.73 Å². The summed E-state index contributed by atoms with van der Waals surface area (Å²) in [4.78, 5) is 4.62. The molecule has 0 aromatic rings. The molecule has 1 heterocycles. The van der Waals surface area contributed by atoms with E-state index in [1.54, 1.807) is 0 Å². The smallest absolute Gasteiger partial charge is 0.407 e. The molecule has 5 nitrogen and oxygen atoms in total. The minimum atomic E-state index is -3.72. The zero-order chi connectivity index (χ0) is 12.2. The van der Waals surface area contributed by atoms with Gasteiger partial charge in [0, 0.05) is 12.2 Å². The number of hydrogen-bond donors (Lipinski definition) is 2. The number of nitrogens with two attached hydrogens (primary N) is 1. The first-order valence-electron chi connectivity index (χ1n) is 4.33. The van der Waals surface area contributed by atoms with Crippen LogP contribution in [0, 0.1) is 0 Å². The predicted octanol–water partition coefficient (Wildman–Crippen LogP) is 1.32. The Kier molecular flexibility index (Phi) is 3.73. The minimum absolute atomic E-state index is 0.0818. The van der Waals surface area contributed by atoms with Crippen molar-refractivity contribution in [2.75, 3.05) is 7.11 Å². The van der Waals surface area contributed by atoms with Crippen molar-refractivity contribution in [1.29, 1.82) is 0 Å². The Morgan fingerprint density at radius 1 is 1.50 bits per heavy atom. The van der Waals surface area contributed by atoms with Crippen molar-refractivity contribution in [3.05, 3.63) is 35.6 Å². The summed E-state index contributed by atoms with van der Waals surface area (Å²) in [5, 5.41) is 0. The monoisotopic (exact) mass is 234 g/mol. The second kappa shape index (κ2) is 4.84. The quantitative estimate of drug-likeness (QED) is 0.705. The number of rotatable bonds is 2. The number of allylic oxidation sites excluding steroid dienone is 3. The lowest BCUT2D eigenvalue weighted by molar-refractivity contribution is -0.355. The Bertz CT molecular complexity index is 351. The average molecular weight is 234 g/mol. The lowest BCUT2D eigenvalue weighted by Gasteiger charge is -2.15. The summed E-state index contributed by atoms with van der Waals surface area (Å²) in [5.74, 6) is -0.0818. The van der Waals surface area contributed by atoms with Gasteiger partial charge in [-0.1, -0.05) is 0 Å². The van der Waals surface area contributed by atoms with Crippen LogP contribution >= 0.6 is 0 Å². The standard InChI is InChI=1S/C9H12F2N2O3/c1-6-5-7(12)8(13-14-2)3-4-15-9(10,11)16-6/h3-5,13H,12H2,1-2H3/b4-3+,6-5+,8-7-. The molecule has 16 heavy (non-hydrogen) atoms. The molecule has 0 amide bonds. The average Bonchev–Trinajstić information content (AvgIpc) is 2.17. The van der Waals surface area contributed by atoms with E-state index in [1.165, 1.54) is 26.2 Å². The van der Waals surface area contributed by atoms with Crippen molar-refractivity contribution in [2.45, 2.75) is 13.2 Å². The van der Waals surface area contributed by atoms with E-state index in [2.05, 4.69) is 19.8 Å². The number of hydroxylamine groups is 1. The summed E-state index contributed by atoms with van der Waals surface area (Å²) in [6.07, 6.45) is -0.528. The molecule has 0 aliphatic carbocycles. The SMILES string of the molecule is CONC1=C(N)/C=C(\C)OC(F)(F)O\C=C\1. The van der Waals surface area contributed by atoms with E-state index in [1.807, 2.05) is 0 Å². The van der Waals surface area contributed by atoms with E-state index in [0.29, 0.717) is 0 Å². The molecule has 0 radical (unpaired) electrons. The van der Waals surface area contributed by atoms with Crippen LogP contribution in [0.4, 0.5) is 8.78 Å². The predicted molar refractivity (Wildman–Crippen MR) is 51.4 cm³/mol. The van der Waals surface area contributed by atoms with E-state index in [-0.39, 0.29) is 17.2 Å². The Hall–Kier alpha value is -1.76. The molecule has 0 aromatic carbocycles. The van der Waals surface area contributed by atoms with Crippen LogP contribution in [0.25, 0.3) is 0 Å². The van der Waals surface area contributed by atoms with Gasteiger partial charge < -0.3 is 15.2 Å². The van der Waals surface area contributed by atoms with E-state index in [0.717, 1.165) is 6.26 Å². The molecule has 1 rings (SSSR count). The first kappa shape index (κ1) is 12.3. The topological polar surface area (TPSA) is 65.7 Å². The van der Waals surface area contributed by atoms with Gasteiger partial charge >= 0.3 is 6.29 Å². The van der Waals surface area contributed by atoms with Crippen LogP contribution in [-0.2, 0) is 14.3 Å². The normalized spacial score (nSPS) is 29.6. The fourth-order valence-electron chi connectivity index (χ4n) is 1.02. The maximum atomic E-state index is 12.9. The molecule has 1 aliphatic heterocycles. The first-order chi connectivity index (χ1) is 7.44. The van der Waals surface area contributed by atoms with Crippen LogP contribution in [0.1, 0.15) is 6.92 Å². The molecule has 0 fully saturated rings. The number of hydrogen-bond acceptors (Lipinski definition) is 5. The zero-order valence-electron chi connectivity index (χ0n) is 8.79. The van der Waals surface area contributed by atoms with Gasteiger partial charge in [0.25, 0.3) is 0 Å². The Balaban J connectivity index is 3.02. The lowest BCUT2D eigenvalue weighted by Crippen LogP contribution is -2.21. The number of alkyl halides is 2. The maximum Gasteiger partial charge on any atom is 0.585 e. The van der Waals surface area contributed by atoms with Crippen LogP contribution in [0.2, 0.25) is 0 Å². The third-order valence-electron chi connectivity index (χ3n) is 1.60. The minimum Gasteiger partial charge on any atom is -0.407 e. The Labute approximate surface area is 91.1 Å². The third-order valence-corrected chi connectivity index (χ3v) is 1.60. The fourth-order valence-corrected chi connectivity index (χ4v) is 1.02. The molecular formula is C9H12F2N2O3. The highest BCUT2D eigenvalue weighted by atomic mass is 19.3. The Morgan fingerprint density at radius 3 is 2.81 bits per heavy atom. The van der Waals surface area contributed by atoms with Gasteiger partial charge in [0.05, 0.1) is 24.8 Å². The summed E-state index contributed by atoms with van der Waals surface area (Å²) >= 11 is 0. The molecule has 90 valence electrons. The molecule has 0 spiro atoms. The highest BCUT2D eigenvalue weighted by molar-refractivity contribution is 5.29. The molecule has 0 saturated heterocycles. The van der Waals surface area contributed by atoms with Crippen LogP contribution in [-0.4, -0.2) is 13.4 Å². The summed E-state index contributed by atoms with van der Waals surface area (Å²) in [5.41, 5.74) is 8.49. The highest BCUT2D eigenvalue weighted by Gasteiger charge is 2.34. The summed E-state index contributed by atoms with van der Waals surface area (Å²) in [7, 11) is 1.36. The van der Waals surface area contributed by atoms with Gasteiger partial charge in [0.1, 0.15) is 5.76 Å². The van der Waals surface area contributed by atoms with Crippen molar-refractivity contribution in [3.8, 4) is 0 Å². The number of halogens is 2. The third kappa shape index (κ3) is 3.43. The zero-order valence-corrected chi connectivity index (χ0v) is 8.79. The molecule has 0 aromatic heterocycles. The van der Waals surface area contributed by atoms with Crippen molar-refractivity contribution in [1.82, 2.24) is 5.48 Å². The first-order valence-corrected chi connectivity index (χ1v) is 4.33. The van der Waals surface area contributed by atoms with Gasteiger partial charge in [0.2, 0.25) is 0 Å². The molecule has 1 aliphatic rings. The number of ether oxygens (including phenoxy) is 2. The molecule has 3 N–H and O–H groups in total. The second-order valence-electron chi connectivity index (χ2n) is 2.92. The van der Waals surface area contributed by atoms with Crippen molar-refractivity contribution < 1.29 is 23.1 Å². The van der Waals surface area contributed by atoms with Crippen molar-refractivity contribution in [3.63, 3.8) is 0 Å². The van der Waals surface area contributed by atoms with E-state index >= 15 is 0 Å². The molecule has 0 unspecified atom stereocenters. The van der Waals surface area contributed by atoms with Gasteiger partial charge in [0.15, 0.2) is 0 Å². The molecule has 0 bridgehead atoms. The summed E-state index contributed by atoms with van der Waals surface area (Å²) in [6, 6.07) is 0. The van der Waals surface area contributed by atoms with Gasteiger partial charge in [-0.2, -0.15) is 0 Å². The highest BCUT2D eigenvalue weighted by Crippen LogP contribution is 2.23. The van der Waals surface area contributed by atoms with Gasteiger partial charge in [-0.3, -0.25) is 10.3 Å². The number of nitrogens with one attached hydrogen (secondary N) is 1. The van der Waals surface area contributed by atoms with Crippen LogP contribution in [0.3, 0.4) is 0 Å². The van der Waals surface area contributed by atoms with E-state index in [4.69, 9.17) is 5.73 Å². The van der Waals surface area contributed by atoms with E-state index < -0.39 is 6.29 Å². The summed E-state index contributed by atoms with van der Waals surface area (Å²) in [6.45, 7) is 1.33. The van der Waals surface area contributed by atoms with Crippen LogP contribution < -0.4 is 11.2 Å². The molecule has 0 saturated carbocycles. The van der Waals surface area contributed by atoms with Crippen LogP contribution in [0.5, 0.6) is 0 Å². The largest absolute Gasteiger partial charge is 0.585 e. The van der Waals surface area contributed by atoms with Crippen molar-refractivity contribution >= 4 is 0 Å². The maximum absolute atomic E-state index is 12.9. The Morgan fingerprint density at radius 2 is 2.19 bits per heavy atom. The van der Waals surface area contributed by atoms with E-state index in [9.17, 15) is 8.78 Å². The molecule has 0 atom stereocenters. The lowest BCUT2D eigenvalue weighted by atomic mass is 10.3. The molecular weight excluding hydrogens is 222 g/mol. The van der Waals surface area contributed by atoms with Gasteiger partial charge in [-0.05, 0) is 6.92 Å². The summed E-state index contributed by atoms with van der Waals surface area (Å²) < 4.78 is 34.0. The van der Waals surface area contributed by atoms with Crippen LogP contribution in [0.15, 0.2) is 35.6 Å². The van der Waals surface area contributed by atoms with Gasteiger partial charge in [-0.15, -0.1) is 8.78 Å². The second-order valence-corrected chi connectivity index (χ2v) is 2.92. The molecule has 7 heteroatoms. The van der Waals surface area contributed by atoms with Gasteiger partial charge in [-0.25, -0.2) is 0 Å². The fraction of sp³-hybridized carbons (Fsp3) is 0.333.